The average Bonchev–Trinajstić information content (AvgIpc) is 2.57. The number of ether oxygens (including phenoxy) is 1. The Hall–Kier alpha value is -0.900. The summed E-state index contributed by atoms with van der Waals surface area (Å²) in [5.41, 5.74) is -0.719. The Morgan fingerprint density at radius 3 is 2.71 bits per heavy atom. The molecule has 0 spiro atoms. The molecule has 3 rings (SSSR count). The lowest BCUT2D eigenvalue weighted by atomic mass is 10.00. The van der Waals surface area contributed by atoms with E-state index in [1.807, 2.05) is 12.1 Å². The molecule has 1 aliphatic rings. The molecule has 3 heteroatoms. The molecule has 1 saturated heterocycles. The summed E-state index contributed by atoms with van der Waals surface area (Å²) in [6.07, 6.45) is 0. The van der Waals surface area contributed by atoms with Gasteiger partial charge >= 0.3 is 0 Å². The van der Waals surface area contributed by atoms with Crippen molar-refractivity contribution in [3.05, 3.63) is 35.2 Å². The van der Waals surface area contributed by atoms with Crippen LogP contribution in [0, 0.1) is 0 Å². The van der Waals surface area contributed by atoms with Crippen molar-refractivity contribution in [2.45, 2.75) is 5.60 Å². The summed E-state index contributed by atoms with van der Waals surface area (Å²) in [5, 5.41) is 11.3. The Balaban J connectivity index is 2.14. The highest BCUT2D eigenvalue weighted by Crippen LogP contribution is 2.37. The third-order valence-electron chi connectivity index (χ3n) is 2.57. The zero-order chi connectivity index (χ0) is 9.60. The van der Waals surface area contributed by atoms with Gasteiger partial charge in [-0.15, -0.1) is 11.3 Å². The predicted molar refractivity (Wildman–Crippen MR) is 56.5 cm³/mol. The number of benzene rings is 1. The Kier molecular flexibility index (Phi) is 1.68. The van der Waals surface area contributed by atoms with Crippen LogP contribution in [0.2, 0.25) is 0 Å². The fourth-order valence-electron chi connectivity index (χ4n) is 1.65. The molecule has 1 aromatic heterocycles. The number of rotatable bonds is 1. The molecule has 0 saturated carbocycles. The number of hydrogen-bond donors (Lipinski definition) is 1. The van der Waals surface area contributed by atoms with Gasteiger partial charge in [0, 0.05) is 9.58 Å². The number of fused-ring (bicyclic) bond motifs is 1. The van der Waals surface area contributed by atoms with Crippen LogP contribution in [0.25, 0.3) is 10.1 Å². The van der Waals surface area contributed by atoms with Gasteiger partial charge < -0.3 is 9.84 Å². The van der Waals surface area contributed by atoms with Crippen molar-refractivity contribution >= 4 is 21.4 Å². The van der Waals surface area contributed by atoms with Crippen LogP contribution < -0.4 is 0 Å². The minimum Gasteiger partial charge on any atom is -0.379 e. The molecule has 72 valence electrons. The molecular formula is C11H10O2S. The third-order valence-corrected chi connectivity index (χ3v) is 3.88. The molecule has 0 atom stereocenters. The topological polar surface area (TPSA) is 29.5 Å². The minimum absolute atomic E-state index is 0.430. The standard InChI is InChI=1S/C11H10O2S/c12-11(6-13-7-11)10-5-8-3-1-2-4-9(8)14-10/h1-5,12H,6-7H2. The van der Waals surface area contributed by atoms with E-state index in [-0.39, 0.29) is 0 Å². The number of hydrogen-bond acceptors (Lipinski definition) is 3. The number of thiophene rings is 1. The molecule has 1 aliphatic heterocycles. The molecule has 0 aliphatic carbocycles. The van der Waals surface area contributed by atoms with Crippen molar-refractivity contribution in [2.24, 2.45) is 0 Å². The average molecular weight is 206 g/mol. The summed E-state index contributed by atoms with van der Waals surface area (Å²) >= 11 is 1.65. The molecular weight excluding hydrogens is 196 g/mol. The quantitative estimate of drug-likeness (QED) is 0.774. The monoisotopic (exact) mass is 206 g/mol. The lowest BCUT2D eigenvalue weighted by Crippen LogP contribution is -2.45. The highest BCUT2D eigenvalue weighted by molar-refractivity contribution is 7.19. The van der Waals surface area contributed by atoms with Crippen molar-refractivity contribution in [3.63, 3.8) is 0 Å². The van der Waals surface area contributed by atoms with Gasteiger partial charge in [-0.05, 0) is 17.5 Å². The number of aliphatic hydroxyl groups is 1. The first-order chi connectivity index (χ1) is 6.78. The summed E-state index contributed by atoms with van der Waals surface area (Å²) in [4.78, 5) is 1.02. The zero-order valence-electron chi connectivity index (χ0n) is 7.56. The first-order valence-corrected chi connectivity index (χ1v) is 5.39. The van der Waals surface area contributed by atoms with Gasteiger partial charge in [0.05, 0.1) is 13.2 Å². The summed E-state index contributed by atoms with van der Waals surface area (Å²) in [6, 6.07) is 10.2. The van der Waals surface area contributed by atoms with E-state index in [2.05, 4.69) is 18.2 Å². The van der Waals surface area contributed by atoms with Crippen LogP contribution in [0.15, 0.2) is 30.3 Å². The first kappa shape index (κ1) is 8.41. The van der Waals surface area contributed by atoms with Crippen molar-refractivity contribution in [3.8, 4) is 0 Å². The van der Waals surface area contributed by atoms with Crippen molar-refractivity contribution in [2.75, 3.05) is 13.2 Å². The molecule has 2 heterocycles. The largest absolute Gasteiger partial charge is 0.379 e. The zero-order valence-corrected chi connectivity index (χ0v) is 8.38. The van der Waals surface area contributed by atoms with Gasteiger partial charge in [0.25, 0.3) is 0 Å². The van der Waals surface area contributed by atoms with E-state index in [0.717, 1.165) is 4.88 Å². The summed E-state index contributed by atoms with van der Waals surface area (Å²) in [7, 11) is 0. The van der Waals surface area contributed by atoms with Crippen LogP contribution in [-0.4, -0.2) is 18.3 Å². The van der Waals surface area contributed by atoms with E-state index in [0.29, 0.717) is 13.2 Å². The molecule has 0 amide bonds. The molecule has 1 N–H and O–H groups in total. The van der Waals surface area contributed by atoms with Gasteiger partial charge in [0.15, 0.2) is 0 Å². The minimum atomic E-state index is -0.719. The van der Waals surface area contributed by atoms with E-state index in [1.165, 1.54) is 10.1 Å². The van der Waals surface area contributed by atoms with Gasteiger partial charge in [0.2, 0.25) is 0 Å². The first-order valence-electron chi connectivity index (χ1n) is 4.57. The Labute approximate surface area is 85.8 Å². The van der Waals surface area contributed by atoms with E-state index < -0.39 is 5.60 Å². The Morgan fingerprint density at radius 1 is 1.29 bits per heavy atom. The molecule has 2 nitrogen and oxygen atoms in total. The van der Waals surface area contributed by atoms with Crippen LogP contribution in [0.4, 0.5) is 0 Å². The molecule has 0 radical (unpaired) electrons. The lowest BCUT2D eigenvalue weighted by molar-refractivity contribution is -0.182. The second kappa shape index (κ2) is 2.79. The maximum Gasteiger partial charge on any atom is 0.145 e. The maximum atomic E-state index is 10.1. The fraction of sp³-hybridized carbons (Fsp3) is 0.273. The van der Waals surface area contributed by atoms with Crippen LogP contribution in [0.3, 0.4) is 0 Å². The molecule has 1 fully saturated rings. The van der Waals surface area contributed by atoms with Gasteiger partial charge in [0.1, 0.15) is 5.60 Å². The molecule has 0 bridgehead atoms. The second-order valence-corrected chi connectivity index (χ2v) is 4.76. The molecule has 14 heavy (non-hydrogen) atoms. The van der Waals surface area contributed by atoms with E-state index in [9.17, 15) is 5.11 Å². The van der Waals surface area contributed by atoms with Crippen molar-refractivity contribution in [1.29, 1.82) is 0 Å². The third kappa shape index (κ3) is 1.10. The molecule has 0 unspecified atom stereocenters. The van der Waals surface area contributed by atoms with Gasteiger partial charge in [-0.2, -0.15) is 0 Å². The molecule has 1 aromatic carbocycles. The highest BCUT2D eigenvalue weighted by Gasteiger charge is 2.39. The SMILES string of the molecule is OC1(c2cc3ccccc3s2)COC1. The van der Waals surface area contributed by atoms with E-state index in [1.54, 1.807) is 11.3 Å². The maximum absolute atomic E-state index is 10.1. The van der Waals surface area contributed by atoms with Gasteiger partial charge in [-0.25, -0.2) is 0 Å². The lowest BCUT2D eigenvalue weighted by Gasteiger charge is -2.35. The summed E-state index contributed by atoms with van der Waals surface area (Å²) in [5.74, 6) is 0. The van der Waals surface area contributed by atoms with Crippen molar-refractivity contribution in [1.82, 2.24) is 0 Å². The van der Waals surface area contributed by atoms with Crippen LogP contribution >= 0.6 is 11.3 Å². The Bertz CT molecular complexity index is 438. The van der Waals surface area contributed by atoms with Crippen molar-refractivity contribution < 1.29 is 9.84 Å². The van der Waals surface area contributed by atoms with Crippen LogP contribution in [-0.2, 0) is 10.3 Å². The summed E-state index contributed by atoms with van der Waals surface area (Å²) < 4.78 is 6.27. The molecule has 2 aromatic rings. The van der Waals surface area contributed by atoms with E-state index >= 15 is 0 Å². The highest BCUT2D eigenvalue weighted by atomic mass is 32.1. The van der Waals surface area contributed by atoms with Crippen LogP contribution in [0.5, 0.6) is 0 Å². The fourth-order valence-corrected chi connectivity index (χ4v) is 2.77. The van der Waals surface area contributed by atoms with Crippen LogP contribution in [0.1, 0.15) is 4.88 Å². The Morgan fingerprint density at radius 2 is 2.07 bits per heavy atom. The van der Waals surface area contributed by atoms with Gasteiger partial charge in [-0.1, -0.05) is 18.2 Å². The predicted octanol–water partition coefficient (Wildman–Crippen LogP) is 2.12. The van der Waals surface area contributed by atoms with Gasteiger partial charge in [-0.3, -0.25) is 0 Å². The second-order valence-electron chi connectivity index (χ2n) is 3.67. The normalized spacial score (nSPS) is 19.5. The summed E-state index contributed by atoms with van der Waals surface area (Å²) in [6.45, 7) is 0.861. The van der Waals surface area contributed by atoms with E-state index in [4.69, 9.17) is 4.74 Å². The smallest absolute Gasteiger partial charge is 0.145 e.